The fourth-order valence-electron chi connectivity index (χ4n) is 2.17. The van der Waals surface area contributed by atoms with Gasteiger partial charge in [0.2, 0.25) is 0 Å². The van der Waals surface area contributed by atoms with E-state index in [9.17, 15) is 8.42 Å². The van der Waals surface area contributed by atoms with Crippen LogP contribution in [0.4, 0.5) is 0 Å². The lowest BCUT2D eigenvalue weighted by atomic mass is 10.2. The first-order valence-corrected chi connectivity index (χ1v) is 8.47. The fraction of sp³-hybridized carbons (Fsp3) is 0.462. The van der Waals surface area contributed by atoms with Crippen molar-refractivity contribution in [2.24, 2.45) is 10.9 Å². The van der Waals surface area contributed by atoms with Crippen LogP contribution in [0.5, 0.6) is 5.75 Å². The highest BCUT2D eigenvalue weighted by molar-refractivity contribution is 7.91. The lowest BCUT2D eigenvalue weighted by Crippen LogP contribution is -2.33. The van der Waals surface area contributed by atoms with Gasteiger partial charge in [-0.1, -0.05) is 5.16 Å². The third-order valence-electron chi connectivity index (χ3n) is 3.29. The molecule has 0 aliphatic carbocycles. The van der Waals surface area contributed by atoms with Gasteiger partial charge in [-0.25, -0.2) is 8.42 Å². The summed E-state index contributed by atoms with van der Waals surface area (Å²) >= 11 is 0. The van der Waals surface area contributed by atoms with Crippen molar-refractivity contribution < 1.29 is 18.4 Å². The number of ether oxygens (including phenoxy) is 1. The van der Waals surface area contributed by atoms with E-state index in [1.807, 2.05) is 0 Å². The lowest BCUT2D eigenvalue weighted by Gasteiger charge is -2.11. The van der Waals surface area contributed by atoms with Crippen molar-refractivity contribution >= 4 is 15.7 Å². The molecule has 4 N–H and O–H groups in total. The van der Waals surface area contributed by atoms with E-state index >= 15 is 0 Å². The van der Waals surface area contributed by atoms with Gasteiger partial charge in [-0.3, -0.25) is 0 Å². The van der Waals surface area contributed by atoms with Gasteiger partial charge in [-0.15, -0.1) is 0 Å². The van der Waals surface area contributed by atoms with E-state index in [0.29, 0.717) is 30.9 Å². The number of amidine groups is 1. The summed E-state index contributed by atoms with van der Waals surface area (Å²) in [5.74, 6) is 1.19. The summed E-state index contributed by atoms with van der Waals surface area (Å²) in [4.78, 5) is 0. The zero-order chi connectivity index (χ0) is 15.3. The number of sulfone groups is 1. The summed E-state index contributed by atoms with van der Waals surface area (Å²) < 4.78 is 28.1. The predicted molar refractivity (Wildman–Crippen MR) is 79.5 cm³/mol. The Bertz CT molecular complexity index is 598. The average Bonchev–Trinajstić information content (AvgIpc) is 2.83. The number of nitrogens with zero attached hydrogens (tertiary/aromatic N) is 1. The SMILES string of the molecule is NC(=NO)c1ccc(OCCNC2CCS(=O)(=O)C2)cc1. The Morgan fingerprint density at radius 1 is 1.43 bits per heavy atom. The highest BCUT2D eigenvalue weighted by Crippen LogP contribution is 2.13. The van der Waals surface area contributed by atoms with Gasteiger partial charge in [0.05, 0.1) is 11.5 Å². The minimum Gasteiger partial charge on any atom is -0.492 e. The molecular weight excluding hydrogens is 294 g/mol. The van der Waals surface area contributed by atoms with Crippen LogP contribution < -0.4 is 15.8 Å². The summed E-state index contributed by atoms with van der Waals surface area (Å²) in [6.45, 7) is 1.03. The molecular formula is C13H19N3O4S. The first kappa shape index (κ1) is 15.6. The van der Waals surface area contributed by atoms with Gasteiger partial charge in [0.15, 0.2) is 15.7 Å². The van der Waals surface area contributed by atoms with Gasteiger partial charge in [0.25, 0.3) is 0 Å². The smallest absolute Gasteiger partial charge is 0.170 e. The van der Waals surface area contributed by atoms with Crippen LogP contribution in [0.1, 0.15) is 12.0 Å². The number of hydrogen-bond donors (Lipinski definition) is 3. The molecule has 1 atom stereocenters. The van der Waals surface area contributed by atoms with Crippen molar-refractivity contribution in [1.29, 1.82) is 0 Å². The molecule has 0 saturated carbocycles. The largest absolute Gasteiger partial charge is 0.492 e. The van der Waals surface area contributed by atoms with E-state index in [4.69, 9.17) is 15.7 Å². The number of benzene rings is 1. The third-order valence-corrected chi connectivity index (χ3v) is 5.06. The molecule has 1 aromatic carbocycles. The van der Waals surface area contributed by atoms with Crippen molar-refractivity contribution in [3.63, 3.8) is 0 Å². The van der Waals surface area contributed by atoms with E-state index in [0.717, 1.165) is 0 Å². The molecule has 1 aromatic rings. The molecule has 1 saturated heterocycles. The van der Waals surface area contributed by atoms with Crippen LogP contribution in [-0.4, -0.2) is 50.2 Å². The summed E-state index contributed by atoms with van der Waals surface area (Å²) in [7, 11) is -2.85. The lowest BCUT2D eigenvalue weighted by molar-refractivity contribution is 0.307. The molecule has 1 aliphatic heterocycles. The van der Waals surface area contributed by atoms with Crippen LogP contribution in [0.15, 0.2) is 29.4 Å². The Hall–Kier alpha value is -1.80. The van der Waals surface area contributed by atoms with Crippen LogP contribution in [0.25, 0.3) is 0 Å². The summed E-state index contributed by atoms with van der Waals surface area (Å²) in [6, 6.07) is 6.88. The maximum Gasteiger partial charge on any atom is 0.170 e. The highest BCUT2D eigenvalue weighted by atomic mass is 32.2. The Morgan fingerprint density at radius 2 is 2.14 bits per heavy atom. The van der Waals surface area contributed by atoms with E-state index in [2.05, 4.69) is 10.5 Å². The standard InChI is InChI=1S/C13H19N3O4S/c14-13(16-17)10-1-3-12(4-2-10)20-7-6-15-11-5-8-21(18,19)9-11/h1-4,11,15,17H,5-9H2,(H2,14,16). The number of nitrogens with two attached hydrogens (primary N) is 1. The van der Waals surface area contributed by atoms with Gasteiger partial charge < -0.3 is 21.0 Å². The predicted octanol–water partition coefficient (Wildman–Crippen LogP) is -0.0634. The van der Waals surface area contributed by atoms with E-state index in [1.54, 1.807) is 24.3 Å². The second-order valence-electron chi connectivity index (χ2n) is 4.91. The summed E-state index contributed by atoms with van der Waals surface area (Å²) in [5.41, 5.74) is 6.07. The zero-order valence-corrected chi connectivity index (χ0v) is 12.3. The molecule has 0 amide bonds. The minimum atomic E-state index is -2.85. The van der Waals surface area contributed by atoms with E-state index in [-0.39, 0.29) is 23.4 Å². The Balaban J connectivity index is 1.72. The molecule has 2 rings (SSSR count). The molecule has 1 fully saturated rings. The van der Waals surface area contributed by atoms with E-state index < -0.39 is 9.84 Å². The first-order valence-electron chi connectivity index (χ1n) is 6.65. The number of hydrogen-bond acceptors (Lipinski definition) is 6. The number of nitrogens with one attached hydrogen (secondary N) is 1. The second-order valence-corrected chi connectivity index (χ2v) is 7.14. The first-order chi connectivity index (χ1) is 10.00. The summed E-state index contributed by atoms with van der Waals surface area (Å²) in [6.07, 6.45) is 0.663. The quantitative estimate of drug-likeness (QED) is 0.223. The second kappa shape index (κ2) is 6.77. The zero-order valence-electron chi connectivity index (χ0n) is 11.5. The average molecular weight is 313 g/mol. The molecule has 1 heterocycles. The van der Waals surface area contributed by atoms with Crippen molar-refractivity contribution in [1.82, 2.24) is 5.32 Å². The Morgan fingerprint density at radius 3 is 2.71 bits per heavy atom. The molecule has 116 valence electrons. The van der Waals surface area contributed by atoms with Crippen molar-refractivity contribution in [3.8, 4) is 5.75 Å². The van der Waals surface area contributed by atoms with Crippen LogP contribution in [0, 0.1) is 0 Å². The van der Waals surface area contributed by atoms with Gasteiger partial charge in [0, 0.05) is 18.2 Å². The van der Waals surface area contributed by atoms with E-state index in [1.165, 1.54) is 0 Å². The summed E-state index contributed by atoms with van der Waals surface area (Å²) in [5, 5.41) is 14.6. The van der Waals surface area contributed by atoms with Crippen molar-refractivity contribution in [2.75, 3.05) is 24.7 Å². The molecule has 1 aliphatic rings. The molecule has 8 heteroatoms. The van der Waals surface area contributed by atoms with Gasteiger partial charge in [-0.05, 0) is 30.7 Å². The van der Waals surface area contributed by atoms with Crippen LogP contribution in [0.3, 0.4) is 0 Å². The van der Waals surface area contributed by atoms with Gasteiger partial charge in [-0.2, -0.15) is 0 Å². The molecule has 0 aromatic heterocycles. The number of oxime groups is 1. The van der Waals surface area contributed by atoms with Gasteiger partial charge >= 0.3 is 0 Å². The third kappa shape index (κ3) is 4.61. The fourth-order valence-corrected chi connectivity index (χ4v) is 3.88. The van der Waals surface area contributed by atoms with Crippen molar-refractivity contribution in [3.05, 3.63) is 29.8 Å². The molecule has 0 spiro atoms. The van der Waals surface area contributed by atoms with Crippen molar-refractivity contribution in [2.45, 2.75) is 12.5 Å². The highest BCUT2D eigenvalue weighted by Gasteiger charge is 2.26. The van der Waals surface area contributed by atoms with Crippen LogP contribution >= 0.6 is 0 Å². The van der Waals surface area contributed by atoms with Crippen LogP contribution in [0.2, 0.25) is 0 Å². The molecule has 0 bridgehead atoms. The molecule has 1 unspecified atom stereocenters. The van der Waals surface area contributed by atoms with Gasteiger partial charge in [0.1, 0.15) is 12.4 Å². The monoisotopic (exact) mass is 313 g/mol. The maximum absolute atomic E-state index is 11.3. The Labute approximate surface area is 123 Å². The molecule has 0 radical (unpaired) electrons. The molecule has 7 nitrogen and oxygen atoms in total. The Kier molecular flexibility index (Phi) is 5.03. The topological polar surface area (TPSA) is 114 Å². The normalized spacial score (nSPS) is 21.3. The maximum atomic E-state index is 11.3. The number of rotatable bonds is 6. The molecule has 21 heavy (non-hydrogen) atoms. The van der Waals surface area contributed by atoms with Crippen LogP contribution in [-0.2, 0) is 9.84 Å². The minimum absolute atomic E-state index is 0.0292.